The summed E-state index contributed by atoms with van der Waals surface area (Å²) in [4.78, 5) is 45.2. The van der Waals surface area contributed by atoms with Crippen molar-refractivity contribution in [3.05, 3.63) is 89.7 Å². The first-order valence-electron chi connectivity index (χ1n) is 14.1. The molecule has 0 aromatic heterocycles. The molecule has 4 rings (SSSR count). The minimum absolute atomic E-state index is 0.224. The van der Waals surface area contributed by atoms with Crippen LogP contribution in [0.2, 0.25) is 0 Å². The zero-order chi connectivity index (χ0) is 31.3. The normalized spacial score (nSPS) is 15.9. The molecule has 2 unspecified atom stereocenters. The van der Waals surface area contributed by atoms with Gasteiger partial charge in [0.25, 0.3) is 5.91 Å². The second-order valence-corrected chi connectivity index (χ2v) is 11.8. The lowest BCUT2D eigenvalue weighted by Crippen LogP contribution is -2.58. The van der Waals surface area contributed by atoms with Crippen LogP contribution >= 0.6 is 11.6 Å². The molecule has 228 valence electrons. The standard InChI is InChI=1S/C33H37ClFN3O5/c1-22-19-27(42-26-9-7-6-8-10-26)15-16-28(22)38(29(39)20-34)30(24-11-13-25(35)14-12-24)31(40)36-17-18-37(23(2)21-36)32(41)43-33(3,4)5/h6-16,19,23,30H,17-18,20-21H2,1-5H3. The van der Waals surface area contributed by atoms with Crippen LogP contribution in [0.1, 0.15) is 44.9 Å². The van der Waals surface area contributed by atoms with Gasteiger partial charge < -0.3 is 19.3 Å². The van der Waals surface area contributed by atoms with E-state index in [9.17, 15) is 18.8 Å². The summed E-state index contributed by atoms with van der Waals surface area (Å²) in [5, 5.41) is 0. The predicted octanol–water partition coefficient (Wildman–Crippen LogP) is 6.71. The Morgan fingerprint density at radius 3 is 2.26 bits per heavy atom. The monoisotopic (exact) mass is 609 g/mol. The van der Waals surface area contributed by atoms with E-state index in [1.165, 1.54) is 29.2 Å². The number of alkyl halides is 1. The lowest BCUT2D eigenvalue weighted by molar-refractivity contribution is -0.137. The van der Waals surface area contributed by atoms with Gasteiger partial charge in [-0.1, -0.05) is 30.3 Å². The highest BCUT2D eigenvalue weighted by molar-refractivity contribution is 6.30. The summed E-state index contributed by atoms with van der Waals surface area (Å²) in [6.07, 6.45) is -0.449. The van der Waals surface area contributed by atoms with E-state index in [4.69, 9.17) is 21.1 Å². The third-order valence-corrected chi connectivity index (χ3v) is 7.26. The third-order valence-electron chi connectivity index (χ3n) is 7.03. The number of hydrogen-bond donors (Lipinski definition) is 0. The second-order valence-electron chi connectivity index (χ2n) is 11.5. The Balaban J connectivity index is 1.68. The zero-order valence-electron chi connectivity index (χ0n) is 25.1. The minimum atomic E-state index is -1.13. The molecule has 1 fully saturated rings. The van der Waals surface area contributed by atoms with E-state index in [0.29, 0.717) is 28.3 Å². The quantitative estimate of drug-likeness (QED) is 0.278. The number of benzene rings is 3. The summed E-state index contributed by atoms with van der Waals surface area (Å²) < 4.78 is 25.5. The van der Waals surface area contributed by atoms with Gasteiger partial charge in [-0.05, 0) is 88.2 Å². The number of amides is 3. The summed E-state index contributed by atoms with van der Waals surface area (Å²) in [6, 6.07) is 18.5. The molecule has 0 aliphatic carbocycles. The number of rotatable bonds is 7. The van der Waals surface area contributed by atoms with Crippen LogP contribution in [0.4, 0.5) is 14.9 Å². The van der Waals surface area contributed by atoms with Crippen molar-refractivity contribution < 1.29 is 28.2 Å². The molecule has 0 saturated carbocycles. The Morgan fingerprint density at radius 1 is 1.00 bits per heavy atom. The molecule has 0 spiro atoms. The van der Waals surface area contributed by atoms with E-state index in [0.717, 1.165) is 0 Å². The Hall–Kier alpha value is -4.11. The largest absolute Gasteiger partial charge is 0.457 e. The number of carbonyl (C=O) groups is 3. The maximum Gasteiger partial charge on any atom is 0.410 e. The van der Waals surface area contributed by atoms with Crippen molar-refractivity contribution in [2.75, 3.05) is 30.4 Å². The van der Waals surface area contributed by atoms with Crippen LogP contribution < -0.4 is 9.64 Å². The molecule has 1 aliphatic rings. The van der Waals surface area contributed by atoms with Crippen molar-refractivity contribution >= 4 is 35.2 Å². The first-order chi connectivity index (χ1) is 20.4. The molecular weight excluding hydrogens is 573 g/mol. The molecule has 43 heavy (non-hydrogen) atoms. The Labute approximate surface area is 256 Å². The van der Waals surface area contributed by atoms with Gasteiger partial charge in [-0.15, -0.1) is 11.6 Å². The topological polar surface area (TPSA) is 79.4 Å². The molecule has 1 saturated heterocycles. The van der Waals surface area contributed by atoms with Crippen molar-refractivity contribution in [1.82, 2.24) is 9.80 Å². The van der Waals surface area contributed by atoms with Crippen molar-refractivity contribution in [2.45, 2.75) is 52.3 Å². The Bertz CT molecular complexity index is 1450. The highest BCUT2D eigenvalue weighted by atomic mass is 35.5. The van der Waals surface area contributed by atoms with Crippen LogP contribution in [0.15, 0.2) is 72.8 Å². The van der Waals surface area contributed by atoms with Gasteiger partial charge in [0.1, 0.15) is 34.8 Å². The fourth-order valence-electron chi connectivity index (χ4n) is 5.04. The van der Waals surface area contributed by atoms with Crippen molar-refractivity contribution in [3.63, 3.8) is 0 Å². The molecule has 3 amide bonds. The molecule has 10 heteroatoms. The number of piperazine rings is 1. The number of aryl methyl sites for hydroxylation is 1. The first-order valence-corrected chi connectivity index (χ1v) is 14.7. The summed E-state index contributed by atoms with van der Waals surface area (Å²) in [5.41, 5.74) is 0.916. The average Bonchev–Trinajstić information content (AvgIpc) is 2.96. The molecule has 3 aromatic carbocycles. The molecule has 0 radical (unpaired) electrons. The van der Waals surface area contributed by atoms with Crippen molar-refractivity contribution in [3.8, 4) is 11.5 Å². The number of carbonyl (C=O) groups excluding carboxylic acids is 3. The van der Waals surface area contributed by atoms with Crippen LogP contribution in [0.5, 0.6) is 11.5 Å². The number of hydrogen-bond acceptors (Lipinski definition) is 5. The lowest BCUT2D eigenvalue weighted by atomic mass is 10.00. The minimum Gasteiger partial charge on any atom is -0.457 e. The SMILES string of the molecule is Cc1cc(Oc2ccccc2)ccc1N(C(=O)CCl)C(C(=O)N1CCN(C(=O)OC(C)(C)C)C(C)C1)c1ccc(F)cc1. The predicted molar refractivity (Wildman–Crippen MR) is 164 cm³/mol. The van der Waals surface area contributed by atoms with Crippen LogP contribution in [0.25, 0.3) is 0 Å². The van der Waals surface area contributed by atoms with E-state index in [1.807, 2.05) is 44.2 Å². The summed E-state index contributed by atoms with van der Waals surface area (Å²) in [7, 11) is 0. The van der Waals surface area contributed by atoms with Gasteiger partial charge in [0.05, 0.1) is 0 Å². The number of nitrogens with zero attached hydrogens (tertiary/aromatic N) is 3. The van der Waals surface area contributed by atoms with Gasteiger partial charge >= 0.3 is 6.09 Å². The van der Waals surface area contributed by atoms with Gasteiger partial charge in [-0.2, -0.15) is 0 Å². The summed E-state index contributed by atoms with van der Waals surface area (Å²) in [5.74, 6) is -0.502. The molecule has 0 N–H and O–H groups in total. The van der Waals surface area contributed by atoms with E-state index in [-0.39, 0.29) is 37.5 Å². The highest BCUT2D eigenvalue weighted by Gasteiger charge is 2.39. The summed E-state index contributed by atoms with van der Waals surface area (Å²) >= 11 is 6.11. The smallest absolute Gasteiger partial charge is 0.410 e. The van der Waals surface area contributed by atoms with Crippen LogP contribution in [0, 0.1) is 12.7 Å². The maximum absolute atomic E-state index is 14.3. The van der Waals surface area contributed by atoms with Crippen LogP contribution in [-0.2, 0) is 14.3 Å². The van der Waals surface area contributed by atoms with Crippen LogP contribution in [0.3, 0.4) is 0 Å². The second kappa shape index (κ2) is 13.5. The van der Waals surface area contributed by atoms with Gasteiger partial charge in [-0.3, -0.25) is 14.5 Å². The fourth-order valence-corrected chi connectivity index (χ4v) is 5.17. The van der Waals surface area contributed by atoms with Gasteiger partial charge in [0.2, 0.25) is 5.91 Å². The van der Waals surface area contributed by atoms with Crippen molar-refractivity contribution in [2.24, 2.45) is 0 Å². The Kier molecular flexibility index (Phi) is 9.96. The van der Waals surface area contributed by atoms with E-state index >= 15 is 0 Å². The van der Waals surface area contributed by atoms with Gasteiger partial charge in [0, 0.05) is 31.4 Å². The van der Waals surface area contributed by atoms with E-state index in [1.54, 1.807) is 48.8 Å². The molecule has 1 heterocycles. The molecule has 0 bridgehead atoms. The molecule has 2 atom stereocenters. The average molecular weight is 610 g/mol. The number of halogens is 2. The molecular formula is C33H37ClFN3O5. The maximum atomic E-state index is 14.3. The molecule has 3 aromatic rings. The molecule has 8 nitrogen and oxygen atoms in total. The van der Waals surface area contributed by atoms with Crippen LogP contribution in [-0.4, -0.2) is 64.9 Å². The van der Waals surface area contributed by atoms with E-state index in [2.05, 4.69) is 0 Å². The first kappa shape index (κ1) is 31.8. The molecule has 1 aliphatic heterocycles. The fraction of sp³-hybridized carbons (Fsp3) is 0.364. The zero-order valence-corrected chi connectivity index (χ0v) is 25.8. The number of ether oxygens (including phenoxy) is 2. The third kappa shape index (κ3) is 7.84. The van der Waals surface area contributed by atoms with Gasteiger partial charge in [-0.25, -0.2) is 9.18 Å². The highest BCUT2D eigenvalue weighted by Crippen LogP contribution is 2.35. The summed E-state index contributed by atoms with van der Waals surface area (Å²) in [6.45, 7) is 9.76. The number of para-hydroxylation sites is 1. The Morgan fingerprint density at radius 2 is 1.67 bits per heavy atom. The van der Waals surface area contributed by atoms with E-state index < -0.39 is 29.5 Å². The van der Waals surface area contributed by atoms with Gasteiger partial charge in [0.15, 0.2) is 0 Å². The number of anilines is 1. The lowest BCUT2D eigenvalue weighted by Gasteiger charge is -2.42. The van der Waals surface area contributed by atoms with Crippen molar-refractivity contribution in [1.29, 1.82) is 0 Å².